The molecule has 1 N–H and O–H groups in total. The molecule has 6 heteroatoms. The smallest absolute Gasteiger partial charge is 0.236 e. The van der Waals surface area contributed by atoms with E-state index in [1.54, 1.807) is 6.20 Å². The van der Waals surface area contributed by atoms with Crippen LogP contribution in [0.25, 0.3) is 0 Å². The van der Waals surface area contributed by atoms with Crippen molar-refractivity contribution in [2.75, 3.05) is 31.1 Å². The maximum absolute atomic E-state index is 12.3. The Bertz CT molecular complexity index is 491. The Morgan fingerprint density at radius 2 is 2.32 bits per heavy atom. The normalized spacial score (nSPS) is 21.7. The zero-order chi connectivity index (χ0) is 15.4. The minimum atomic E-state index is 0.238. The van der Waals surface area contributed by atoms with Crippen LogP contribution in [0.2, 0.25) is 0 Å². The summed E-state index contributed by atoms with van der Waals surface area (Å²) in [6.45, 7) is 5.23. The van der Waals surface area contributed by atoms with Crippen molar-refractivity contribution in [1.29, 1.82) is 0 Å². The van der Waals surface area contributed by atoms with Gasteiger partial charge in [0.25, 0.3) is 0 Å². The van der Waals surface area contributed by atoms with Gasteiger partial charge in [-0.05, 0) is 44.7 Å². The number of anilines is 1. The number of hydrogen-bond donors (Lipinski definition) is 1. The van der Waals surface area contributed by atoms with Gasteiger partial charge in [-0.25, -0.2) is 0 Å². The third-order valence-corrected chi connectivity index (χ3v) is 4.49. The fraction of sp³-hybridized carbons (Fsp3) is 0.688. The highest BCUT2D eigenvalue weighted by Crippen LogP contribution is 2.26. The molecule has 0 bridgehead atoms. The molecule has 0 unspecified atom stereocenters. The molecule has 1 aromatic rings. The second-order valence-corrected chi connectivity index (χ2v) is 6.16. The highest BCUT2D eigenvalue weighted by atomic mass is 16.2. The van der Waals surface area contributed by atoms with Gasteiger partial charge in [0.15, 0.2) is 5.82 Å². The first-order valence-corrected chi connectivity index (χ1v) is 8.33. The second-order valence-electron chi connectivity index (χ2n) is 6.16. The van der Waals surface area contributed by atoms with E-state index in [-0.39, 0.29) is 5.91 Å². The molecule has 6 nitrogen and oxygen atoms in total. The number of piperidine rings is 1. The molecular formula is C16H25N5O. The molecule has 0 aromatic carbocycles. The first-order chi connectivity index (χ1) is 10.8. The summed E-state index contributed by atoms with van der Waals surface area (Å²) in [5, 5.41) is 11.6. The molecule has 2 aliphatic rings. The van der Waals surface area contributed by atoms with E-state index in [4.69, 9.17) is 0 Å². The van der Waals surface area contributed by atoms with E-state index in [0.29, 0.717) is 18.6 Å². The average molecular weight is 303 g/mol. The summed E-state index contributed by atoms with van der Waals surface area (Å²) in [6.07, 6.45) is 6.26. The Morgan fingerprint density at radius 1 is 1.45 bits per heavy atom. The van der Waals surface area contributed by atoms with E-state index in [2.05, 4.69) is 27.3 Å². The van der Waals surface area contributed by atoms with Crippen molar-refractivity contribution in [2.45, 2.75) is 44.7 Å². The average Bonchev–Trinajstić information content (AvgIpc) is 3.40. The second kappa shape index (κ2) is 7.05. The van der Waals surface area contributed by atoms with Crippen molar-refractivity contribution in [3.63, 3.8) is 0 Å². The maximum Gasteiger partial charge on any atom is 0.236 e. The van der Waals surface area contributed by atoms with Gasteiger partial charge < -0.3 is 15.1 Å². The van der Waals surface area contributed by atoms with E-state index in [9.17, 15) is 4.79 Å². The van der Waals surface area contributed by atoms with Crippen LogP contribution < -0.4 is 10.2 Å². The van der Waals surface area contributed by atoms with Gasteiger partial charge in [0.1, 0.15) is 0 Å². The van der Waals surface area contributed by atoms with Gasteiger partial charge in [-0.15, -0.1) is 5.10 Å². The van der Waals surface area contributed by atoms with Crippen molar-refractivity contribution in [2.24, 2.45) is 0 Å². The standard InChI is InChI=1S/C16H25N5O/c1-2-21(14-7-8-14)16(22)11-17-13-5-4-10-20(12-13)15-6-3-9-18-19-15/h3,6,9,13-14,17H,2,4-5,7-8,10-12H2,1H3/t13-/m1/s1. The molecule has 1 atom stereocenters. The third kappa shape index (κ3) is 3.74. The predicted molar refractivity (Wildman–Crippen MR) is 85.7 cm³/mol. The summed E-state index contributed by atoms with van der Waals surface area (Å²) >= 11 is 0. The van der Waals surface area contributed by atoms with Crippen LogP contribution in [-0.2, 0) is 4.79 Å². The number of carbonyl (C=O) groups is 1. The molecule has 3 rings (SSSR count). The van der Waals surface area contributed by atoms with Crippen LogP contribution in [0, 0.1) is 0 Å². The molecular weight excluding hydrogens is 278 g/mol. The van der Waals surface area contributed by atoms with Gasteiger partial charge in [-0.2, -0.15) is 5.10 Å². The highest BCUT2D eigenvalue weighted by molar-refractivity contribution is 5.79. The molecule has 2 fully saturated rings. The Labute approximate surface area is 131 Å². The predicted octanol–water partition coefficient (Wildman–Crippen LogP) is 1.05. The van der Waals surface area contributed by atoms with E-state index < -0.39 is 0 Å². The molecule has 22 heavy (non-hydrogen) atoms. The van der Waals surface area contributed by atoms with Gasteiger partial charge in [0.05, 0.1) is 6.54 Å². The first kappa shape index (κ1) is 15.2. The Morgan fingerprint density at radius 3 is 3.00 bits per heavy atom. The third-order valence-electron chi connectivity index (χ3n) is 4.49. The topological polar surface area (TPSA) is 61.4 Å². The molecule has 2 heterocycles. The molecule has 1 amide bonds. The number of carbonyl (C=O) groups excluding carboxylic acids is 1. The molecule has 120 valence electrons. The van der Waals surface area contributed by atoms with E-state index in [0.717, 1.165) is 38.3 Å². The number of hydrogen-bond acceptors (Lipinski definition) is 5. The molecule has 0 radical (unpaired) electrons. The van der Waals surface area contributed by atoms with Crippen molar-refractivity contribution in [3.8, 4) is 0 Å². The van der Waals surface area contributed by atoms with Crippen LogP contribution in [0.5, 0.6) is 0 Å². The lowest BCUT2D eigenvalue weighted by Crippen LogP contribution is -2.49. The van der Waals surface area contributed by atoms with Crippen molar-refractivity contribution in [1.82, 2.24) is 20.4 Å². The summed E-state index contributed by atoms with van der Waals surface area (Å²) in [6, 6.07) is 4.75. The number of aromatic nitrogens is 2. The summed E-state index contributed by atoms with van der Waals surface area (Å²) in [4.78, 5) is 16.5. The Hall–Kier alpha value is -1.69. The lowest BCUT2D eigenvalue weighted by Gasteiger charge is -2.34. The number of nitrogens with one attached hydrogen (secondary N) is 1. The highest BCUT2D eigenvalue weighted by Gasteiger charge is 2.31. The molecule has 0 spiro atoms. The van der Waals surface area contributed by atoms with Crippen molar-refractivity contribution >= 4 is 11.7 Å². The Kier molecular flexibility index (Phi) is 4.87. The molecule has 1 aliphatic heterocycles. The van der Waals surface area contributed by atoms with Crippen molar-refractivity contribution < 1.29 is 4.79 Å². The van der Waals surface area contributed by atoms with Crippen LogP contribution in [-0.4, -0.2) is 59.3 Å². The minimum Gasteiger partial charge on any atom is -0.354 e. The lowest BCUT2D eigenvalue weighted by atomic mass is 10.1. The monoisotopic (exact) mass is 303 g/mol. The minimum absolute atomic E-state index is 0.238. The number of likely N-dealkylation sites (N-methyl/N-ethyl adjacent to an activating group) is 1. The largest absolute Gasteiger partial charge is 0.354 e. The quantitative estimate of drug-likeness (QED) is 0.851. The summed E-state index contributed by atoms with van der Waals surface area (Å²) < 4.78 is 0. The SMILES string of the molecule is CCN(C(=O)CN[C@@H]1CCCN(c2cccnn2)C1)C1CC1. The summed E-state index contributed by atoms with van der Waals surface area (Å²) in [5.74, 6) is 1.16. The number of nitrogens with zero attached hydrogens (tertiary/aromatic N) is 4. The summed E-state index contributed by atoms with van der Waals surface area (Å²) in [7, 11) is 0. The van der Waals surface area contributed by atoms with E-state index >= 15 is 0 Å². The number of rotatable bonds is 6. The molecule has 1 saturated carbocycles. The fourth-order valence-corrected chi connectivity index (χ4v) is 3.17. The number of amides is 1. The van der Waals surface area contributed by atoms with Gasteiger partial charge in [0.2, 0.25) is 5.91 Å². The molecule has 1 saturated heterocycles. The van der Waals surface area contributed by atoms with Gasteiger partial charge in [-0.1, -0.05) is 0 Å². The van der Waals surface area contributed by atoms with Crippen LogP contribution in [0.4, 0.5) is 5.82 Å². The van der Waals surface area contributed by atoms with Gasteiger partial charge in [0, 0.05) is 37.9 Å². The zero-order valence-electron chi connectivity index (χ0n) is 13.2. The van der Waals surface area contributed by atoms with Crippen molar-refractivity contribution in [3.05, 3.63) is 18.3 Å². The van der Waals surface area contributed by atoms with Crippen LogP contribution in [0.3, 0.4) is 0 Å². The Balaban J connectivity index is 1.49. The zero-order valence-corrected chi connectivity index (χ0v) is 13.2. The van der Waals surface area contributed by atoms with Crippen LogP contribution in [0.1, 0.15) is 32.6 Å². The maximum atomic E-state index is 12.3. The van der Waals surface area contributed by atoms with Crippen LogP contribution in [0.15, 0.2) is 18.3 Å². The lowest BCUT2D eigenvalue weighted by molar-refractivity contribution is -0.130. The van der Waals surface area contributed by atoms with E-state index in [1.807, 2.05) is 17.0 Å². The summed E-state index contributed by atoms with van der Waals surface area (Å²) in [5.41, 5.74) is 0. The van der Waals surface area contributed by atoms with Gasteiger partial charge >= 0.3 is 0 Å². The molecule has 1 aliphatic carbocycles. The fourth-order valence-electron chi connectivity index (χ4n) is 3.17. The van der Waals surface area contributed by atoms with Gasteiger partial charge in [-0.3, -0.25) is 4.79 Å². The first-order valence-electron chi connectivity index (χ1n) is 8.33. The van der Waals surface area contributed by atoms with E-state index in [1.165, 1.54) is 12.8 Å². The molecule has 1 aromatic heterocycles. The van der Waals surface area contributed by atoms with Crippen LogP contribution >= 0.6 is 0 Å².